The maximum absolute atomic E-state index is 12.6. The molecule has 2 aromatic heterocycles. The number of fused-ring (bicyclic) bond motifs is 1. The van der Waals surface area contributed by atoms with Crippen LogP contribution in [0, 0.1) is 19.8 Å². The van der Waals surface area contributed by atoms with Crippen molar-refractivity contribution in [2.45, 2.75) is 26.3 Å². The fourth-order valence-electron chi connectivity index (χ4n) is 3.16. The number of carbonyl (C=O) groups is 1. The monoisotopic (exact) mass is 357 g/mol. The second-order valence-electron chi connectivity index (χ2n) is 6.43. The number of hydrogen-bond donors (Lipinski definition) is 1. The molecule has 0 aliphatic carbocycles. The number of aryl methyl sites for hydroxylation is 2. The van der Waals surface area contributed by atoms with Gasteiger partial charge in [-0.3, -0.25) is 4.79 Å². The van der Waals surface area contributed by atoms with Crippen LogP contribution >= 0.6 is 11.3 Å². The minimum atomic E-state index is -0.0813. The van der Waals surface area contributed by atoms with Crippen molar-refractivity contribution >= 4 is 27.5 Å². The van der Waals surface area contributed by atoms with Gasteiger partial charge in [0.15, 0.2) is 0 Å². The van der Waals surface area contributed by atoms with Crippen LogP contribution in [0.1, 0.15) is 26.8 Å². The fraction of sp³-hybridized carbons (Fsp3) is 0.389. The normalized spacial score (nSPS) is 20.2. The lowest BCUT2D eigenvalue weighted by molar-refractivity contribution is 0.0924. The van der Waals surface area contributed by atoms with E-state index in [1.807, 2.05) is 38.1 Å². The van der Waals surface area contributed by atoms with E-state index >= 15 is 0 Å². The summed E-state index contributed by atoms with van der Waals surface area (Å²) in [7, 11) is 0. The van der Waals surface area contributed by atoms with Crippen LogP contribution in [0.3, 0.4) is 0 Å². The standard InChI is InChI=1S/C18H19N3O3S/c1-10-5-14(24-21-10)6-13-8-23-9-16(13)20-18(22)12-3-4-15-17(7-12)25-11(2)19-15/h3-5,7,13,16H,6,8-9H2,1-2H3,(H,20,22)/t13-,16+/m0/s1. The lowest BCUT2D eigenvalue weighted by atomic mass is 9.98. The lowest BCUT2D eigenvalue weighted by Crippen LogP contribution is -2.40. The molecule has 1 aliphatic rings. The maximum Gasteiger partial charge on any atom is 0.251 e. The van der Waals surface area contributed by atoms with Crippen LogP contribution in [0.25, 0.3) is 10.2 Å². The third kappa shape index (κ3) is 3.43. The third-order valence-electron chi connectivity index (χ3n) is 4.41. The molecule has 0 saturated carbocycles. The molecule has 1 aromatic carbocycles. The lowest BCUT2D eigenvalue weighted by Gasteiger charge is -2.18. The zero-order chi connectivity index (χ0) is 17.4. The van der Waals surface area contributed by atoms with Gasteiger partial charge in [0.05, 0.1) is 40.2 Å². The van der Waals surface area contributed by atoms with Crippen molar-refractivity contribution in [1.82, 2.24) is 15.5 Å². The number of carbonyl (C=O) groups excluding carboxylic acids is 1. The van der Waals surface area contributed by atoms with Crippen LogP contribution in [-0.4, -0.2) is 35.3 Å². The summed E-state index contributed by atoms with van der Waals surface area (Å²) in [5, 5.41) is 8.02. The van der Waals surface area contributed by atoms with Gasteiger partial charge in [-0.25, -0.2) is 4.98 Å². The van der Waals surface area contributed by atoms with E-state index in [1.54, 1.807) is 11.3 Å². The molecule has 7 heteroatoms. The molecule has 1 aliphatic heterocycles. The van der Waals surface area contributed by atoms with Gasteiger partial charge >= 0.3 is 0 Å². The van der Waals surface area contributed by atoms with Crippen LogP contribution in [0.5, 0.6) is 0 Å². The van der Waals surface area contributed by atoms with Crippen LogP contribution in [-0.2, 0) is 11.2 Å². The Morgan fingerprint density at radius 3 is 3.00 bits per heavy atom. The highest BCUT2D eigenvalue weighted by molar-refractivity contribution is 7.18. The van der Waals surface area contributed by atoms with Crippen molar-refractivity contribution in [3.05, 3.63) is 46.3 Å². The molecule has 0 unspecified atom stereocenters. The molecule has 130 valence electrons. The first-order valence-corrected chi connectivity index (χ1v) is 9.08. The topological polar surface area (TPSA) is 77.2 Å². The summed E-state index contributed by atoms with van der Waals surface area (Å²) in [6, 6.07) is 7.52. The zero-order valence-electron chi connectivity index (χ0n) is 14.1. The molecule has 25 heavy (non-hydrogen) atoms. The number of thiazole rings is 1. The summed E-state index contributed by atoms with van der Waals surface area (Å²) in [6.45, 7) is 4.99. The summed E-state index contributed by atoms with van der Waals surface area (Å²) < 4.78 is 11.9. The largest absolute Gasteiger partial charge is 0.379 e. The van der Waals surface area contributed by atoms with E-state index in [9.17, 15) is 4.79 Å². The Balaban J connectivity index is 1.46. The molecule has 3 aromatic rings. The molecule has 0 radical (unpaired) electrons. The minimum Gasteiger partial charge on any atom is -0.379 e. The SMILES string of the molecule is Cc1cc(C[C@H]2COC[C@H]2NC(=O)c2ccc3nc(C)sc3c2)on1. The summed E-state index contributed by atoms with van der Waals surface area (Å²) in [4.78, 5) is 17.1. The number of nitrogens with zero attached hydrogens (tertiary/aromatic N) is 2. The number of ether oxygens (including phenoxy) is 1. The van der Waals surface area contributed by atoms with Crippen molar-refractivity contribution in [3.8, 4) is 0 Å². The Labute approximate surface area is 149 Å². The Hall–Kier alpha value is -2.25. The smallest absolute Gasteiger partial charge is 0.251 e. The maximum atomic E-state index is 12.6. The average Bonchev–Trinajstić information content (AvgIpc) is 3.27. The van der Waals surface area contributed by atoms with Crippen molar-refractivity contribution in [2.24, 2.45) is 5.92 Å². The molecular formula is C18H19N3O3S. The van der Waals surface area contributed by atoms with Crippen LogP contribution in [0.15, 0.2) is 28.8 Å². The van der Waals surface area contributed by atoms with Crippen molar-refractivity contribution < 1.29 is 14.1 Å². The van der Waals surface area contributed by atoms with Gasteiger partial charge in [-0.15, -0.1) is 11.3 Å². The van der Waals surface area contributed by atoms with Crippen LogP contribution in [0.4, 0.5) is 0 Å². The van der Waals surface area contributed by atoms with Gasteiger partial charge in [0.2, 0.25) is 0 Å². The molecule has 1 N–H and O–H groups in total. The van der Waals surface area contributed by atoms with Gasteiger partial charge in [0.25, 0.3) is 5.91 Å². The highest BCUT2D eigenvalue weighted by atomic mass is 32.1. The van der Waals surface area contributed by atoms with Gasteiger partial charge in [0, 0.05) is 24.0 Å². The fourth-order valence-corrected chi connectivity index (χ4v) is 4.03. The van der Waals surface area contributed by atoms with E-state index in [0.29, 0.717) is 25.2 Å². The molecule has 6 nitrogen and oxygen atoms in total. The number of nitrogens with one attached hydrogen (secondary N) is 1. The Bertz CT molecular complexity index is 917. The Kier molecular flexibility index (Phi) is 4.27. The number of rotatable bonds is 4. The minimum absolute atomic E-state index is 0.0307. The Morgan fingerprint density at radius 1 is 1.32 bits per heavy atom. The van der Waals surface area contributed by atoms with Gasteiger partial charge in [-0.1, -0.05) is 5.16 Å². The number of benzene rings is 1. The van der Waals surface area contributed by atoms with Gasteiger partial charge < -0.3 is 14.6 Å². The van der Waals surface area contributed by atoms with E-state index in [-0.39, 0.29) is 17.9 Å². The van der Waals surface area contributed by atoms with Crippen molar-refractivity contribution in [3.63, 3.8) is 0 Å². The van der Waals surface area contributed by atoms with Gasteiger partial charge in [-0.2, -0.15) is 0 Å². The number of amides is 1. The molecule has 4 rings (SSSR count). The highest BCUT2D eigenvalue weighted by Gasteiger charge is 2.31. The molecule has 3 heterocycles. The first-order chi connectivity index (χ1) is 12.1. The molecule has 2 atom stereocenters. The summed E-state index contributed by atoms with van der Waals surface area (Å²) in [5.74, 6) is 0.932. The van der Waals surface area contributed by atoms with E-state index in [2.05, 4.69) is 15.5 Å². The van der Waals surface area contributed by atoms with Crippen LogP contribution in [0.2, 0.25) is 0 Å². The highest BCUT2D eigenvalue weighted by Crippen LogP contribution is 2.24. The summed E-state index contributed by atoms with van der Waals surface area (Å²) in [6.07, 6.45) is 0.707. The first kappa shape index (κ1) is 16.2. The van der Waals surface area contributed by atoms with E-state index in [4.69, 9.17) is 9.26 Å². The Morgan fingerprint density at radius 2 is 2.20 bits per heavy atom. The van der Waals surface area contributed by atoms with Gasteiger partial charge in [0.1, 0.15) is 5.76 Å². The van der Waals surface area contributed by atoms with Crippen molar-refractivity contribution in [1.29, 1.82) is 0 Å². The molecule has 1 amide bonds. The summed E-state index contributed by atoms with van der Waals surface area (Å²) in [5.41, 5.74) is 2.45. The summed E-state index contributed by atoms with van der Waals surface area (Å²) >= 11 is 1.60. The second-order valence-corrected chi connectivity index (χ2v) is 7.67. The third-order valence-corrected chi connectivity index (χ3v) is 5.35. The van der Waals surface area contributed by atoms with E-state index in [0.717, 1.165) is 26.7 Å². The van der Waals surface area contributed by atoms with Crippen LogP contribution < -0.4 is 5.32 Å². The number of aromatic nitrogens is 2. The zero-order valence-corrected chi connectivity index (χ0v) is 14.9. The quantitative estimate of drug-likeness (QED) is 0.777. The molecule has 1 saturated heterocycles. The molecule has 1 fully saturated rings. The number of hydrogen-bond acceptors (Lipinski definition) is 6. The predicted molar refractivity (Wildman–Crippen MR) is 94.9 cm³/mol. The van der Waals surface area contributed by atoms with E-state index in [1.165, 1.54) is 0 Å². The molecule has 0 spiro atoms. The second kappa shape index (κ2) is 6.57. The van der Waals surface area contributed by atoms with Gasteiger partial charge in [-0.05, 0) is 32.0 Å². The predicted octanol–water partition coefficient (Wildman–Crippen LogP) is 2.89. The average molecular weight is 357 g/mol. The van der Waals surface area contributed by atoms with E-state index < -0.39 is 0 Å². The van der Waals surface area contributed by atoms with Crippen molar-refractivity contribution in [2.75, 3.05) is 13.2 Å². The molecule has 0 bridgehead atoms. The molecular weight excluding hydrogens is 338 g/mol. The first-order valence-electron chi connectivity index (χ1n) is 8.26.